The van der Waals surface area contributed by atoms with Gasteiger partial charge in [-0.15, -0.1) is 0 Å². The van der Waals surface area contributed by atoms with Crippen molar-refractivity contribution in [3.8, 4) is 0 Å². The molecule has 0 saturated carbocycles. The van der Waals surface area contributed by atoms with Gasteiger partial charge < -0.3 is 14.9 Å². The zero-order valence-corrected chi connectivity index (χ0v) is 10.1. The normalized spacial score (nSPS) is 11.2. The number of hydrogen-bond acceptors (Lipinski definition) is 4. The van der Waals surface area contributed by atoms with Crippen LogP contribution in [0.3, 0.4) is 0 Å². The van der Waals surface area contributed by atoms with Crippen molar-refractivity contribution in [1.29, 1.82) is 0 Å². The molecule has 0 fully saturated rings. The maximum atomic E-state index is 11.7. The molecule has 0 radical (unpaired) electrons. The molecule has 0 aliphatic rings. The quantitative estimate of drug-likeness (QED) is 0.797. The topological polar surface area (TPSA) is 92.4 Å². The van der Waals surface area contributed by atoms with Gasteiger partial charge in [-0.1, -0.05) is 5.16 Å². The Morgan fingerprint density at radius 3 is 2.65 bits per heavy atom. The number of nitrogens with zero attached hydrogens (tertiary/aromatic N) is 1. The van der Waals surface area contributed by atoms with Crippen LogP contribution in [0, 0.1) is 6.92 Å². The summed E-state index contributed by atoms with van der Waals surface area (Å²) in [7, 11) is 0. The highest BCUT2D eigenvalue weighted by molar-refractivity contribution is 5.80. The van der Waals surface area contributed by atoms with E-state index in [-0.39, 0.29) is 18.7 Å². The molecule has 0 atom stereocenters. The van der Waals surface area contributed by atoms with Crippen LogP contribution in [-0.4, -0.2) is 27.7 Å². The van der Waals surface area contributed by atoms with Crippen molar-refractivity contribution < 1.29 is 19.2 Å². The van der Waals surface area contributed by atoms with E-state index in [4.69, 9.17) is 9.63 Å². The number of nitrogens with one attached hydrogen (secondary N) is 1. The lowest BCUT2D eigenvalue weighted by atomic mass is 10.0. The molecule has 1 aromatic heterocycles. The second-order valence-corrected chi connectivity index (χ2v) is 4.60. The first-order valence-corrected chi connectivity index (χ1v) is 5.23. The van der Waals surface area contributed by atoms with Crippen LogP contribution in [0.1, 0.15) is 31.5 Å². The minimum absolute atomic E-state index is 0.124. The molecule has 1 heterocycles. The minimum Gasteiger partial charge on any atom is -0.481 e. The number of amides is 1. The average Bonchev–Trinajstić information content (AvgIpc) is 2.47. The first kappa shape index (κ1) is 13.2. The van der Waals surface area contributed by atoms with E-state index in [2.05, 4.69) is 10.5 Å². The van der Waals surface area contributed by atoms with Gasteiger partial charge in [0.05, 0.1) is 18.5 Å². The van der Waals surface area contributed by atoms with Gasteiger partial charge in [0.15, 0.2) is 0 Å². The van der Waals surface area contributed by atoms with Crippen LogP contribution in [0.25, 0.3) is 0 Å². The largest absolute Gasteiger partial charge is 0.481 e. The molecule has 0 spiro atoms. The van der Waals surface area contributed by atoms with Gasteiger partial charge in [0, 0.05) is 11.1 Å². The second kappa shape index (κ2) is 4.99. The number of aromatic nitrogens is 1. The number of carbonyl (C=O) groups is 2. The first-order valence-electron chi connectivity index (χ1n) is 5.23. The highest BCUT2D eigenvalue weighted by Gasteiger charge is 2.24. The third-order valence-electron chi connectivity index (χ3n) is 2.27. The molecule has 94 valence electrons. The van der Waals surface area contributed by atoms with Gasteiger partial charge in [-0.05, 0) is 20.8 Å². The maximum absolute atomic E-state index is 11.7. The Kier molecular flexibility index (Phi) is 3.88. The van der Waals surface area contributed by atoms with E-state index in [1.165, 1.54) is 6.26 Å². The van der Waals surface area contributed by atoms with Gasteiger partial charge >= 0.3 is 5.97 Å². The van der Waals surface area contributed by atoms with Gasteiger partial charge in [-0.25, -0.2) is 0 Å². The summed E-state index contributed by atoms with van der Waals surface area (Å²) in [6, 6.07) is 0. The summed E-state index contributed by atoms with van der Waals surface area (Å²) >= 11 is 0. The lowest BCUT2D eigenvalue weighted by molar-refractivity contribution is -0.138. The fourth-order valence-electron chi connectivity index (χ4n) is 1.50. The maximum Gasteiger partial charge on any atom is 0.305 e. The van der Waals surface area contributed by atoms with Crippen LogP contribution in [0.5, 0.6) is 0 Å². The van der Waals surface area contributed by atoms with Crippen molar-refractivity contribution in [3.63, 3.8) is 0 Å². The molecule has 0 saturated heterocycles. The minimum atomic E-state index is -0.948. The number of hydrogen-bond donors (Lipinski definition) is 2. The third kappa shape index (κ3) is 4.26. The number of carbonyl (C=O) groups excluding carboxylic acids is 1. The Morgan fingerprint density at radius 1 is 1.53 bits per heavy atom. The van der Waals surface area contributed by atoms with Crippen LogP contribution in [0.4, 0.5) is 0 Å². The number of carboxylic acid groups (broad SMARTS) is 1. The van der Waals surface area contributed by atoms with Gasteiger partial charge in [0.25, 0.3) is 0 Å². The summed E-state index contributed by atoms with van der Waals surface area (Å²) in [6.45, 7) is 5.08. The van der Waals surface area contributed by atoms with Gasteiger partial charge in [0.1, 0.15) is 6.26 Å². The third-order valence-corrected chi connectivity index (χ3v) is 2.27. The smallest absolute Gasteiger partial charge is 0.305 e. The first-order chi connectivity index (χ1) is 7.80. The molecule has 0 aromatic carbocycles. The molecule has 17 heavy (non-hydrogen) atoms. The zero-order valence-electron chi connectivity index (χ0n) is 10.1. The predicted octanol–water partition coefficient (Wildman–Crippen LogP) is 0.895. The number of aliphatic carboxylic acids is 1. The van der Waals surface area contributed by atoms with E-state index in [1.54, 1.807) is 20.8 Å². The summed E-state index contributed by atoms with van der Waals surface area (Å²) in [5.41, 5.74) is 0.596. The molecule has 0 unspecified atom stereocenters. The number of aryl methyl sites for hydroxylation is 1. The summed E-state index contributed by atoms with van der Waals surface area (Å²) in [5.74, 6) is -1.20. The summed E-state index contributed by atoms with van der Waals surface area (Å²) in [6.07, 6.45) is 1.43. The lowest BCUT2D eigenvalue weighted by Crippen LogP contribution is -2.45. The standard InChI is InChI=1S/C11H16N2O4/c1-7-8(6-17-13-7)4-9(14)12-11(2,3)5-10(15)16/h6H,4-5H2,1-3H3,(H,12,14)(H,15,16). The van der Waals surface area contributed by atoms with Crippen molar-refractivity contribution in [2.75, 3.05) is 0 Å². The molecule has 0 bridgehead atoms. The second-order valence-electron chi connectivity index (χ2n) is 4.60. The number of carboxylic acids is 1. The fraction of sp³-hybridized carbons (Fsp3) is 0.545. The molecular formula is C11H16N2O4. The van der Waals surface area contributed by atoms with Crippen molar-refractivity contribution >= 4 is 11.9 Å². The van der Waals surface area contributed by atoms with Gasteiger partial charge in [-0.3, -0.25) is 9.59 Å². The predicted molar refractivity (Wildman–Crippen MR) is 59.4 cm³/mol. The van der Waals surface area contributed by atoms with E-state index in [9.17, 15) is 9.59 Å². The average molecular weight is 240 g/mol. The Balaban J connectivity index is 2.55. The lowest BCUT2D eigenvalue weighted by Gasteiger charge is -2.24. The Labute approximate surface area is 99.0 Å². The highest BCUT2D eigenvalue weighted by atomic mass is 16.5. The van der Waals surface area contributed by atoms with Gasteiger partial charge in [-0.2, -0.15) is 0 Å². The van der Waals surface area contributed by atoms with Crippen LogP contribution < -0.4 is 5.32 Å². The zero-order chi connectivity index (χ0) is 13.1. The Hall–Kier alpha value is -1.85. The van der Waals surface area contributed by atoms with Crippen molar-refractivity contribution in [1.82, 2.24) is 10.5 Å². The number of rotatable bonds is 5. The molecule has 1 rings (SSSR count). The van der Waals surface area contributed by atoms with Crippen LogP contribution in [-0.2, 0) is 16.0 Å². The molecule has 2 N–H and O–H groups in total. The highest BCUT2D eigenvalue weighted by Crippen LogP contribution is 2.10. The monoisotopic (exact) mass is 240 g/mol. The van der Waals surface area contributed by atoms with Crippen molar-refractivity contribution in [3.05, 3.63) is 17.5 Å². The Bertz CT molecular complexity index is 423. The molecular weight excluding hydrogens is 224 g/mol. The molecule has 6 nitrogen and oxygen atoms in total. The van der Waals surface area contributed by atoms with E-state index >= 15 is 0 Å². The summed E-state index contributed by atoms with van der Waals surface area (Å²) in [5, 5.41) is 15.0. The van der Waals surface area contributed by atoms with E-state index < -0.39 is 11.5 Å². The molecule has 0 aliphatic heterocycles. The SMILES string of the molecule is Cc1nocc1CC(=O)NC(C)(C)CC(=O)O. The van der Waals surface area contributed by atoms with Crippen LogP contribution in [0.15, 0.2) is 10.8 Å². The molecule has 1 aromatic rings. The molecule has 1 amide bonds. The summed E-state index contributed by atoms with van der Waals surface area (Å²) < 4.78 is 4.72. The van der Waals surface area contributed by atoms with Crippen molar-refractivity contribution in [2.24, 2.45) is 0 Å². The molecule has 0 aliphatic carbocycles. The van der Waals surface area contributed by atoms with E-state index in [0.717, 1.165) is 0 Å². The summed E-state index contributed by atoms with van der Waals surface area (Å²) in [4.78, 5) is 22.3. The molecule has 6 heteroatoms. The van der Waals surface area contributed by atoms with Crippen LogP contribution in [0.2, 0.25) is 0 Å². The van der Waals surface area contributed by atoms with Crippen molar-refractivity contribution in [2.45, 2.75) is 39.2 Å². The van der Waals surface area contributed by atoms with Crippen LogP contribution >= 0.6 is 0 Å². The van der Waals surface area contributed by atoms with E-state index in [0.29, 0.717) is 11.3 Å². The Morgan fingerprint density at radius 2 is 2.18 bits per heavy atom. The van der Waals surface area contributed by atoms with Gasteiger partial charge in [0.2, 0.25) is 5.91 Å². The fourth-order valence-corrected chi connectivity index (χ4v) is 1.50. The van der Waals surface area contributed by atoms with E-state index in [1.807, 2.05) is 0 Å².